The Morgan fingerprint density at radius 3 is 2.87 bits per heavy atom. The van der Waals surface area contributed by atoms with Crippen LogP contribution in [0, 0.1) is 6.92 Å². The molecule has 1 aromatic heterocycles. The predicted molar refractivity (Wildman–Crippen MR) is 122 cm³/mol. The van der Waals surface area contributed by atoms with Crippen LogP contribution in [0.25, 0.3) is 0 Å². The number of para-hydroxylation sites is 1. The molecule has 1 N–H and O–H groups in total. The van der Waals surface area contributed by atoms with Crippen molar-refractivity contribution in [3.05, 3.63) is 64.8 Å². The van der Waals surface area contributed by atoms with E-state index in [1.54, 1.807) is 22.1 Å². The van der Waals surface area contributed by atoms with Gasteiger partial charge in [-0.05, 0) is 43.5 Å². The van der Waals surface area contributed by atoms with Crippen LogP contribution in [0.3, 0.4) is 0 Å². The molecule has 7 nitrogen and oxygen atoms in total. The summed E-state index contributed by atoms with van der Waals surface area (Å²) in [6, 6.07) is 13.2. The Kier molecular flexibility index (Phi) is 5.11. The smallest absolute Gasteiger partial charge is 0.330 e. The molecule has 0 spiro atoms. The summed E-state index contributed by atoms with van der Waals surface area (Å²) in [5.41, 5.74) is 3.38. The summed E-state index contributed by atoms with van der Waals surface area (Å²) < 4.78 is 5.86. The van der Waals surface area contributed by atoms with Gasteiger partial charge in [0, 0.05) is 30.1 Å². The monoisotopic (exact) mass is 435 g/mol. The molecule has 3 aromatic rings. The lowest BCUT2D eigenvalue weighted by atomic mass is 10.1. The highest BCUT2D eigenvalue weighted by molar-refractivity contribution is 6.34. The van der Waals surface area contributed by atoms with Crippen LogP contribution in [0.2, 0.25) is 5.02 Å². The van der Waals surface area contributed by atoms with Crippen molar-refractivity contribution in [2.45, 2.75) is 26.3 Å². The Labute approximate surface area is 185 Å². The Morgan fingerprint density at radius 1 is 1.13 bits per heavy atom. The molecule has 4 bridgehead atoms. The number of hydrogen-bond acceptors (Lipinski definition) is 5. The minimum atomic E-state index is -0.135. The zero-order valence-corrected chi connectivity index (χ0v) is 17.9. The van der Waals surface area contributed by atoms with E-state index in [2.05, 4.69) is 10.3 Å². The van der Waals surface area contributed by atoms with Gasteiger partial charge >= 0.3 is 6.03 Å². The van der Waals surface area contributed by atoms with E-state index in [9.17, 15) is 4.79 Å². The molecular weight excluding hydrogens is 414 g/mol. The fraction of sp³-hybridized carbons (Fsp3) is 0.261. The number of urea groups is 1. The first-order chi connectivity index (χ1) is 15.1. The first-order valence-electron chi connectivity index (χ1n) is 10.3. The van der Waals surface area contributed by atoms with Crippen molar-refractivity contribution in [2.24, 2.45) is 0 Å². The summed E-state index contributed by atoms with van der Waals surface area (Å²) in [4.78, 5) is 26.2. The summed E-state index contributed by atoms with van der Waals surface area (Å²) in [6.45, 7) is 3.44. The largest absolute Gasteiger partial charge is 0.494 e. The molecular formula is C23H22ClN5O2. The highest BCUT2D eigenvalue weighted by Crippen LogP contribution is 2.36. The van der Waals surface area contributed by atoms with Crippen molar-refractivity contribution in [3.63, 3.8) is 0 Å². The van der Waals surface area contributed by atoms with Gasteiger partial charge in [0.1, 0.15) is 11.6 Å². The number of halogens is 1. The van der Waals surface area contributed by atoms with E-state index in [0.717, 1.165) is 41.1 Å². The maximum absolute atomic E-state index is 13.6. The van der Waals surface area contributed by atoms with Crippen LogP contribution in [0.15, 0.2) is 48.7 Å². The fourth-order valence-corrected chi connectivity index (χ4v) is 4.30. The third-order valence-corrected chi connectivity index (χ3v) is 5.79. The number of ether oxygens (including phenoxy) is 1. The van der Waals surface area contributed by atoms with E-state index in [-0.39, 0.29) is 6.03 Å². The van der Waals surface area contributed by atoms with Crippen molar-refractivity contribution in [1.29, 1.82) is 0 Å². The molecule has 0 saturated carbocycles. The number of anilines is 4. The second-order valence-electron chi connectivity index (χ2n) is 7.68. The van der Waals surface area contributed by atoms with E-state index in [1.807, 2.05) is 43.3 Å². The molecule has 5 rings (SSSR count). The SMILES string of the molecule is Cc1cccc(Cl)c1N1Cc2cnc3nc2N(CCCCOc2cccc(c2)N3)C1=O. The minimum Gasteiger partial charge on any atom is -0.494 e. The van der Waals surface area contributed by atoms with Gasteiger partial charge in [0.15, 0.2) is 0 Å². The second-order valence-corrected chi connectivity index (χ2v) is 8.08. The molecule has 0 saturated heterocycles. The predicted octanol–water partition coefficient (Wildman–Crippen LogP) is 5.30. The van der Waals surface area contributed by atoms with Gasteiger partial charge in [-0.3, -0.25) is 9.80 Å². The maximum Gasteiger partial charge on any atom is 0.330 e. The summed E-state index contributed by atoms with van der Waals surface area (Å²) in [5, 5.41) is 3.77. The number of fused-ring (bicyclic) bond motifs is 3. The molecule has 2 aliphatic rings. The number of nitrogens with zero attached hydrogens (tertiary/aromatic N) is 4. The lowest BCUT2D eigenvalue weighted by Gasteiger charge is -2.37. The lowest BCUT2D eigenvalue weighted by molar-refractivity contribution is 0.249. The summed E-state index contributed by atoms with van der Waals surface area (Å²) in [5.74, 6) is 1.87. The Hall–Kier alpha value is -3.32. The van der Waals surface area contributed by atoms with Crippen molar-refractivity contribution < 1.29 is 9.53 Å². The third kappa shape index (κ3) is 3.77. The zero-order valence-electron chi connectivity index (χ0n) is 17.1. The van der Waals surface area contributed by atoms with Gasteiger partial charge in [0.2, 0.25) is 5.95 Å². The summed E-state index contributed by atoms with van der Waals surface area (Å²) in [6.07, 6.45) is 3.39. The zero-order chi connectivity index (χ0) is 21.4. The molecule has 3 heterocycles. The van der Waals surface area contributed by atoms with Gasteiger partial charge in [0.25, 0.3) is 0 Å². The normalized spacial score (nSPS) is 15.9. The van der Waals surface area contributed by atoms with E-state index < -0.39 is 0 Å². The van der Waals surface area contributed by atoms with Crippen LogP contribution in [-0.4, -0.2) is 29.2 Å². The van der Waals surface area contributed by atoms with Crippen molar-refractivity contribution in [2.75, 3.05) is 28.3 Å². The fourth-order valence-electron chi connectivity index (χ4n) is 3.97. The van der Waals surface area contributed by atoms with Crippen molar-refractivity contribution in [3.8, 4) is 5.75 Å². The first kappa shape index (κ1) is 19.6. The number of nitrogens with one attached hydrogen (secondary N) is 1. The van der Waals surface area contributed by atoms with Crippen LogP contribution < -0.4 is 19.9 Å². The van der Waals surface area contributed by atoms with E-state index in [1.165, 1.54) is 0 Å². The number of carbonyl (C=O) groups excluding carboxylic acids is 1. The van der Waals surface area contributed by atoms with Gasteiger partial charge in [-0.15, -0.1) is 0 Å². The molecule has 2 aliphatic heterocycles. The summed E-state index contributed by atoms with van der Waals surface area (Å²) >= 11 is 6.49. The number of rotatable bonds is 1. The third-order valence-electron chi connectivity index (χ3n) is 5.48. The molecule has 0 aliphatic carbocycles. The molecule has 0 unspecified atom stereocenters. The minimum absolute atomic E-state index is 0.135. The average Bonchev–Trinajstić information content (AvgIpc) is 2.76. The topological polar surface area (TPSA) is 70.6 Å². The molecule has 0 fully saturated rings. The van der Waals surface area contributed by atoms with Crippen LogP contribution in [-0.2, 0) is 6.54 Å². The Balaban J connectivity index is 1.56. The molecule has 158 valence electrons. The molecule has 2 amide bonds. The number of aryl methyl sites for hydroxylation is 1. The average molecular weight is 436 g/mol. The lowest BCUT2D eigenvalue weighted by Crippen LogP contribution is -2.48. The Morgan fingerprint density at radius 2 is 2.00 bits per heavy atom. The molecule has 0 atom stereocenters. The van der Waals surface area contributed by atoms with Crippen molar-refractivity contribution in [1.82, 2.24) is 9.97 Å². The number of benzene rings is 2. The number of amides is 2. The Bertz CT molecular complexity index is 1130. The van der Waals surface area contributed by atoms with Gasteiger partial charge in [-0.25, -0.2) is 9.78 Å². The van der Waals surface area contributed by atoms with Crippen LogP contribution >= 0.6 is 11.6 Å². The second kappa shape index (κ2) is 8.07. The van der Waals surface area contributed by atoms with Crippen LogP contribution in [0.4, 0.5) is 27.9 Å². The van der Waals surface area contributed by atoms with Crippen LogP contribution in [0.1, 0.15) is 24.0 Å². The number of hydrogen-bond donors (Lipinski definition) is 1. The number of carbonyl (C=O) groups is 1. The highest BCUT2D eigenvalue weighted by Gasteiger charge is 2.34. The maximum atomic E-state index is 13.6. The van der Waals surface area contributed by atoms with Crippen LogP contribution in [0.5, 0.6) is 5.75 Å². The first-order valence-corrected chi connectivity index (χ1v) is 10.7. The van der Waals surface area contributed by atoms with Gasteiger partial charge in [-0.2, -0.15) is 4.98 Å². The number of aromatic nitrogens is 2. The van der Waals surface area contributed by atoms with E-state index in [4.69, 9.17) is 21.3 Å². The highest BCUT2D eigenvalue weighted by atomic mass is 35.5. The van der Waals surface area contributed by atoms with E-state index >= 15 is 0 Å². The molecule has 2 aromatic carbocycles. The molecule has 0 radical (unpaired) electrons. The molecule has 8 heteroatoms. The van der Waals surface area contributed by atoms with Crippen molar-refractivity contribution >= 4 is 40.8 Å². The quantitative estimate of drug-likeness (QED) is 0.561. The van der Waals surface area contributed by atoms with Gasteiger partial charge in [-0.1, -0.05) is 29.8 Å². The molecule has 31 heavy (non-hydrogen) atoms. The summed E-state index contributed by atoms with van der Waals surface area (Å²) in [7, 11) is 0. The standard InChI is InChI=1S/C23H22ClN5O2/c1-15-6-4-9-19(24)20(15)29-14-16-13-25-22-26-17-7-5-8-18(12-17)31-11-3-2-10-28(23(29)30)21(16)27-22/h4-9,12-13H,2-3,10-11,14H2,1H3,(H,25,26,27). The van der Waals surface area contributed by atoms with E-state index in [0.29, 0.717) is 36.5 Å². The van der Waals surface area contributed by atoms with Gasteiger partial charge < -0.3 is 10.1 Å². The van der Waals surface area contributed by atoms with Gasteiger partial charge in [0.05, 0.1) is 23.9 Å².